The average Bonchev–Trinajstić information content (AvgIpc) is 3.27. The van der Waals surface area contributed by atoms with Gasteiger partial charge in [-0.1, -0.05) is 23.7 Å². The number of nitrogens with one attached hydrogen (secondary N) is 1. The molecule has 0 aliphatic heterocycles. The van der Waals surface area contributed by atoms with Crippen molar-refractivity contribution in [2.75, 3.05) is 12.4 Å². The number of nitro groups is 1. The molecule has 1 aromatic heterocycles. The molecule has 1 aliphatic carbocycles. The quantitative estimate of drug-likeness (QED) is 0.153. The summed E-state index contributed by atoms with van der Waals surface area (Å²) in [5, 5.41) is 33.7. The lowest BCUT2D eigenvalue weighted by molar-refractivity contribution is -0.384. The van der Waals surface area contributed by atoms with E-state index >= 15 is 0 Å². The normalized spacial score (nSPS) is 12.6. The minimum atomic E-state index is -0.635. The zero-order valence-electron chi connectivity index (χ0n) is 20.2. The maximum atomic E-state index is 12.9. The van der Waals surface area contributed by atoms with Gasteiger partial charge in [0.1, 0.15) is 29.3 Å². The number of amides is 1. The van der Waals surface area contributed by atoms with Crippen molar-refractivity contribution in [2.45, 2.75) is 32.3 Å². The lowest BCUT2D eigenvalue weighted by Crippen LogP contribution is -2.13. The Balaban J connectivity index is 1.55. The number of methoxy groups -OCH3 is 1. The number of benzene rings is 2. The van der Waals surface area contributed by atoms with Gasteiger partial charge >= 0.3 is 0 Å². The van der Waals surface area contributed by atoms with E-state index in [1.54, 1.807) is 18.2 Å². The van der Waals surface area contributed by atoms with Gasteiger partial charge in [-0.25, -0.2) is 0 Å². The number of carbonyl (C=O) groups excluding carboxylic acids is 1. The molecule has 1 aliphatic rings. The van der Waals surface area contributed by atoms with E-state index in [-0.39, 0.29) is 34.4 Å². The molecule has 0 radical (unpaired) electrons. The van der Waals surface area contributed by atoms with Gasteiger partial charge < -0.3 is 14.8 Å². The number of thiophene rings is 1. The number of nitro benzene ring substituents is 1. The molecule has 3 aromatic rings. The van der Waals surface area contributed by atoms with Crippen LogP contribution in [0, 0.1) is 32.8 Å². The summed E-state index contributed by atoms with van der Waals surface area (Å²) in [6, 6.07) is 13.2. The third-order valence-electron chi connectivity index (χ3n) is 5.94. The molecular formula is C27H21ClN4O5S. The molecule has 1 N–H and O–H groups in total. The van der Waals surface area contributed by atoms with E-state index in [0.29, 0.717) is 21.7 Å². The van der Waals surface area contributed by atoms with Crippen LogP contribution in [-0.4, -0.2) is 17.9 Å². The number of rotatable bonds is 8. The number of hydrogen-bond donors (Lipinski definition) is 1. The van der Waals surface area contributed by atoms with Crippen LogP contribution in [0.2, 0.25) is 5.02 Å². The van der Waals surface area contributed by atoms with Gasteiger partial charge in [-0.15, -0.1) is 11.3 Å². The predicted molar refractivity (Wildman–Crippen MR) is 143 cm³/mol. The Bertz CT molecular complexity index is 1530. The van der Waals surface area contributed by atoms with Crippen molar-refractivity contribution in [3.8, 4) is 23.6 Å². The summed E-state index contributed by atoms with van der Waals surface area (Å²) < 4.78 is 11.2. The van der Waals surface area contributed by atoms with Crippen LogP contribution in [0.15, 0.2) is 42.0 Å². The maximum absolute atomic E-state index is 12.9. The SMILES string of the molecule is COc1cc(/C=C(\C#N)C(=O)Nc2sc3c(c2C#N)CCCC3)cc(Cl)c1OCc1cccc([N+](=O)[O-])c1. The molecule has 1 amide bonds. The van der Waals surface area contributed by atoms with Crippen molar-refractivity contribution in [3.05, 3.63) is 84.2 Å². The van der Waals surface area contributed by atoms with Crippen LogP contribution in [0.25, 0.3) is 6.08 Å². The second-order valence-electron chi connectivity index (χ2n) is 8.40. The van der Waals surface area contributed by atoms with E-state index in [2.05, 4.69) is 11.4 Å². The number of hydrogen-bond acceptors (Lipinski definition) is 8. The minimum absolute atomic E-state index is 0.00478. The molecule has 0 unspecified atom stereocenters. The summed E-state index contributed by atoms with van der Waals surface area (Å²) in [6.45, 7) is 0.00478. The van der Waals surface area contributed by atoms with Crippen LogP contribution in [0.1, 0.15) is 40.0 Å². The van der Waals surface area contributed by atoms with Gasteiger partial charge in [0.15, 0.2) is 11.5 Å². The Morgan fingerprint density at radius 2 is 2.05 bits per heavy atom. The van der Waals surface area contributed by atoms with Gasteiger partial charge in [-0.05, 0) is 60.6 Å². The van der Waals surface area contributed by atoms with Crippen molar-refractivity contribution in [3.63, 3.8) is 0 Å². The molecule has 9 nitrogen and oxygen atoms in total. The predicted octanol–water partition coefficient (Wildman–Crippen LogP) is 6.19. The standard InChI is InChI=1S/C27H21ClN4O5S/c1-36-23-12-17(11-22(28)25(23)37-15-16-5-4-6-19(10-16)32(34)35)9-18(13-29)26(33)31-27-21(14-30)20-7-2-3-8-24(20)38-27/h4-6,9-12H,2-3,7-8,15H2,1H3,(H,31,33)/b18-9+. The van der Waals surface area contributed by atoms with Crippen molar-refractivity contribution in [1.82, 2.24) is 0 Å². The molecule has 0 atom stereocenters. The van der Waals surface area contributed by atoms with Gasteiger partial charge in [0, 0.05) is 17.0 Å². The van der Waals surface area contributed by atoms with Gasteiger partial charge in [-0.3, -0.25) is 14.9 Å². The van der Waals surface area contributed by atoms with Crippen molar-refractivity contribution in [1.29, 1.82) is 10.5 Å². The zero-order valence-corrected chi connectivity index (χ0v) is 21.8. The van der Waals surface area contributed by atoms with E-state index in [9.17, 15) is 25.4 Å². The number of nitrogens with zero attached hydrogens (tertiary/aromatic N) is 3. The fraction of sp³-hybridized carbons (Fsp3) is 0.222. The van der Waals surface area contributed by atoms with Crippen LogP contribution in [-0.2, 0) is 24.2 Å². The number of anilines is 1. The van der Waals surface area contributed by atoms with Crippen LogP contribution < -0.4 is 14.8 Å². The molecule has 0 saturated carbocycles. The first kappa shape index (κ1) is 26.7. The number of ether oxygens (including phenoxy) is 2. The summed E-state index contributed by atoms with van der Waals surface area (Å²) in [5.41, 5.74) is 2.20. The summed E-state index contributed by atoms with van der Waals surface area (Å²) in [7, 11) is 1.42. The first-order chi connectivity index (χ1) is 18.3. The smallest absolute Gasteiger partial charge is 0.269 e. The summed E-state index contributed by atoms with van der Waals surface area (Å²) >= 11 is 7.81. The molecule has 0 bridgehead atoms. The third kappa shape index (κ3) is 5.78. The highest BCUT2D eigenvalue weighted by Crippen LogP contribution is 2.39. The number of fused-ring (bicyclic) bond motifs is 1. The minimum Gasteiger partial charge on any atom is -0.493 e. The fourth-order valence-electron chi connectivity index (χ4n) is 4.14. The number of aryl methyl sites for hydroxylation is 1. The monoisotopic (exact) mass is 548 g/mol. The van der Waals surface area contributed by atoms with E-state index < -0.39 is 10.8 Å². The van der Waals surface area contributed by atoms with Crippen molar-refractivity contribution >= 4 is 45.6 Å². The number of non-ortho nitro benzene ring substituents is 1. The first-order valence-corrected chi connectivity index (χ1v) is 12.8. The Hall–Kier alpha value is -4.38. The van der Waals surface area contributed by atoms with E-state index in [0.717, 1.165) is 36.1 Å². The van der Waals surface area contributed by atoms with E-state index in [4.69, 9.17) is 21.1 Å². The Kier molecular flexibility index (Phi) is 8.27. The Labute approximate surface area is 227 Å². The highest BCUT2D eigenvalue weighted by molar-refractivity contribution is 7.16. The molecule has 38 heavy (non-hydrogen) atoms. The van der Waals surface area contributed by atoms with Gasteiger partial charge in [0.05, 0.1) is 22.6 Å². The second-order valence-corrected chi connectivity index (χ2v) is 9.91. The molecular weight excluding hydrogens is 528 g/mol. The van der Waals surface area contributed by atoms with E-state index in [1.807, 2.05) is 6.07 Å². The maximum Gasteiger partial charge on any atom is 0.269 e. The molecule has 0 saturated heterocycles. The summed E-state index contributed by atoms with van der Waals surface area (Å²) in [5.74, 6) is -0.170. The van der Waals surface area contributed by atoms with Gasteiger partial charge in [-0.2, -0.15) is 10.5 Å². The van der Waals surface area contributed by atoms with Crippen LogP contribution in [0.5, 0.6) is 11.5 Å². The van der Waals surface area contributed by atoms with Crippen LogP contribution in [0.4, 0.5) is 10.7 Å². The van der Waals surface area contributed by atoms with Crippen LogP contribution in [0.3, 0.4) is 0 Å². The lowest BCUT2D eigenvalue weighted by Gasteiger charge is -2.13. The van der Waals surface area contributed by atoms with Crippen LogP contribution >= 0.6 is 22.9 Å². The first-order valence-electron chi connectivity index (χ1n) is 11.6. The molecule has 192 valence electrons. The zero-order chi connectivity index (χ0) is 27.2. The number of carbonyl (C=O) groups is 1. The lowest BCUT2D eigenvalue weighted by atomic mass is 9.96. The number of halogens is 1. The molecule has 0 spiro atoms. The third-order valence-corrected chi connectivity index (χ3v) is 7.43. The Morgan fingerprint density at radius 1 is 1.26 bits per heavy atom. The summed E-state index contributed by atoms with van der Waals surface area (Å²) in [6.07, 6.45) is 5.10. The van der Waals surface area contributed by atoms with Crippen molar-refractivity contribution < 1.29 is 19.2 Å². The average molecular weight is 549 g/mol. The fourth-order valence-corrected chi connectivity index (χ4v) is 5.64. The molecule has 0 fully saturated rings. The molecule has 11 heteroatoms. The highest BCUT2D eigenvalue weighted by Gasteiger charge is 2.23. The van der Waals surface area contributed by atoms with Gasteiger partial charge in [0.2, 0.25) is 0 Å². The van der Waals surface area contributed by atoms with E-state index in [1.165, 1.54) is 42.7 Å². The van der Waals surface area contributed by atoms with Crippen molar-refractivity contribution in [2.24, 2.45) is 0 Å². The topological polar surface area (TPSA) is 138 Å². The largest absolute Gasteiger partial charge is 0.493 e. The summed E-state index contributed by atoms with van der Waals surface area (Å²) in [4.78, 5) is 24.6. The molecule has 1 heterocycles. The molecule has 4 rings (SSSR count). The Morgan fingerprint density at radius 3 is 2.76 bits per heavy atom. The molecule has 2 aromatic carbocycles. The second kappa shape index (κ2) is 11.8. The van der Waals surface area contributed by atoms with Gasteiger partial charge in [0.25, 0.3) is 11.6 Å². The number of nitriles is 2. The highest BCUT2D eigenvalue weighted by atomic mass is 35.5.